The predicted octanol–water partition coefficient (Wildman–Crippen LogP) is 3.38. The lowest BCUT2D eigenvalue weighted by Crippen LogP contribution is -2.28. The van der Waals surface area contributed by atoms with Gasteiger partial charge < -0.3 is 10.1 Å². The van der Waals surface area contributed by atoms with Crippen molar-refractivity contribution >= 4 is 15.9 Å². The topological polar surface area (TPSA) is 39.1 Å². The van der Waals surface area contributed by atoms with E-state index in [0.717, 1.165) is 24.0 Å². The third-order valence-corrected chi connectivity index (χ3v) is 3.55. The fraction of sp³-hybridized carbons (Fsp3) is 0.786. The lowest BCUT2D eigenvalue weighted by molar-refractivity contribution is 0.180. The molecule has 1 heterocycles. The summed E-state index contributed by atoms with van der Waals surface area (Å²) in [7, 11) is 1.72. The van der Waals surface area contributed by atoms with Gasteiger partial charge in [-0.3, -0.25) is 4.68 Å². The summed E-state index contributed by atoms with van der Waals surface area (Å²) in [6, 6.07) is 0.304. The minimum absolute atomic E-state index is 0.267. The van der Waals surface area contributed by atoms with Crippen LogP contribution in [0.1, 0.15) is 45.9 Å². The summed E-state index contributed by atoms with van der Waals surface area (Å²) in [5, 5.41) is 8.00. The number of ether oxygens (including phenoxy) is 1. The van der Waals surface area contributed by atoms with Crippen LogP contribution in [0.2, 0.25) is 0 Å². The molecule has 0 aromatic carbocycles. The van der Waals surface area contributed by atoms with Crippen LogP contribution in [-0.2, 0) is 11.3 Å². The summed E-state index contributed by atoms with van der Waals surface area (Å²) < 4.78 is 8.26. The molecule has 0 saturated carbocycles. The summed E-state index contributed by atoms with van der Waals surface area (Å²) in [5.74, 6) is 0. The Morgan fingerprint density at radius 2 is 2.16 bits per heavy atom. The van der Waals surface area contributed by atoms with Crippen LogP contribution >= 0.6 is 15.9 Å². The number of halogens is 1. The molecule has 1 N–H and O–H groups in total. The van der Waals surface area contributed by atoms with E-state index in [4.69, 9.17) is 4.74 Å². The maximum atomic E-state index is 5.15. The zero-order valence-corrected chi connectivity index (χ0v) is 14.2. The first-order valence-corrected chi connectivity index (χ1v) is 7.62. The van der Waals surface area contributed by atoms with Gasteiger partial charge in [0.15, 0.2) is 0 Å². The van der Waals surface area contributed by atoms with Gasteiger partial charge in [-0.25, -0.2) is 0 Å². The van der Waals surface area contributed by atoms with Gasteiger partial charge in [0.1, 0.15) is 0 Å². The van der Waals surface area contributed by atoms with Crippen molar-refractivity contribution in [3.8, 4) is 0 Å². The van der Waals surface area contributed by atoms with E-state index in [0.29, 0.717) is 12.6 Å². The van der Waals surface area contributed by atoms with Gasteiger partial charge >= 0.3 is 0 Å². The molecule has 0 amide bonds. The van der Waals surface area contributed by atoms with E-state index in [1.165, 1.54) is 5.69 Å². The van der Waals surface area contributed by atoms with Crippen LogP contribution in [0.4, 0.5) is 0 Å². The molecule has 0 radical (unpaired) electrons. The first-order valence-electron chi connectivity index (χ1n) is 6.82. The molecule has 5 heteroatoms. The highest BCUT2D eigenvalue weighted by Gasteiger charge is 2.24. The standard InChI is InChI=1S/C14H26BrN3O/c1-6-16-12(9-14(2,3)4)13-11(15)10-17-18(13)7-8-19-5/h10,12,16H,6-9H2,1-5H3. The molecule has 1 unspecified atom stereocenters. The SMILES string of the molecule is CCNC(CC(C)(C)C)c1c(Br)cnn1CCOC. The predicted molar refractivity (Wildman–Crippen MR) is 82.3 cm³/mol. The van der Waals surface area contributed by atoms with E-state index in [9.17, 15) is 0 Å². The summed E-state index contributed by atoms with van der Waals surface area (Å²) in [6.45, 7) is 11.3. The van der Waals surface area contributed by atoms with Crippen molar-refractivity contribution < 1.29 is 4.74 Å². The molecule has 0 aliphatic carbocycles. The lowest BCUT2D eigenvalue weighted by atomic mass is 9.87. The molecular formula is C14H26BrN3O. The molecule has 0 saturated heterocycles. The first kappa shape index (κ1) is 16.7. The zero-order valence-electron chi connectivity index (χ0n) is 12.7. The van der Waals surface area contributed by atoms with Gasteiger partial charge in [-0.15, -0.1) is 0 Å². The number of nitrogens with zero attached hydrogens (tertiary/aromatic N) is 2. The Bertz CT molecular complexity index is 385. The molecule has 0 spiro atoms. The van der Waals surface area contributed by atoms with Crippen molar-refractivity contribution in [3.63, 3.8) is 0 Å². The Balaban J connectivity index is 2.96. The molecule has 0 fully saturated rings. The summed E-state index contributed by atoms with van der Waals surface area (Å²) in [5.41, 5.74) is 1.48. The largest absolute Gasteiger partial charge is 0.383 e. The van der Waals surface area contributed by atoms with Crippen LogP contribution in [0.25, 0.3) is 0 Å². The molecule has 1 atom stereocenters. The number of hydrogen-bond donors (Lipinski definition) is 1. The molecule has 4 nitrogen and oxygen atoms in total. The lowest BCUT2D eigenvalue weighted by Gasteiger charge is -2.27. The second-order valence-electron chi connectivity index (χ2n) is 5.97. The van der Waals surface area contributed by atoms with E-state index in [1.54, 1.807) is 7.11 Å². The van der Waals surface area contributed by atoms with Gasteiger partial charge in [-0.05, 0) is 34.3 Å². The van der Waals surface area contributed by atoms with Crippen LogP contribution < -0.4 is 5.32 Å². The molecular weight excluding hydrogens is 306 g/mol. The Morgan fingerprint density at radius 1 is 1.47 bits per heavy atom. The number of hydrogen-bond acceptors (Lipinski definition) is 3. The minimum Gasteiger partial charge on any atom is -0.383 e. The van der Waals surface area contributed by atoms with Gasteiger partial charge in [0.25, 0.3) is 0 Å². The molecule has 110 valence electrons. The summed E-state index contributed by atoms with van der Waals surface area (Å²) in [6.07, 6.45) is 2.94. The third-order valence-electron chi connectivity index (χ3n) is 2.94. The maximum absolute atomic E-state index is 5.15. The van der Waals surface area contributed by atoms with E-state index < -0.39 is 0 Å². The van der Waals surface area contributed by atoms with Gasteiger partial charge in [-0.2, -0.15) is 5.10 Å². The fourth-order valence-corrected chi connectivity index (χ4v) is 2.77. The van der Waals surface area contributed by atoms with Crippen molar-refractivity contribution in [2.45, 2.75) is 46.7 Å². The second-order valence-corrected chi connectivity index (χ2v) is 6.82. The molecule has 0 aliphatic heterocycles. The number of methoxy groups -OCH3 is 1. The monoisotopic (exact) mass is 331 g/mol. The van der Waals surface area contributed by atoms with E-state index >= 15 is 0 Å². The van der Waals surface area contributed by atoms with Crippen LogP contribution in [0, 0.1) is 5.41 Å². The maximum Gasteiger partial charge on any atom is 0.0696 e. The quantitative estimate of drug-likeness (QED) is 0.832. The Hall–Kier alpha value is -0.390. The van der Waals surface area contributed by atoms with Crippen LogP contribution in [0.3, 0.4) is 0 Å². The van der Waals surface area contributed by atoms with Gasteiger partial charge in [-0.1, -0.05) is 27.7 Å². The van der Waals surface area contributed by atoms with Gasteiger partial charge in [0.05, 0.1) is 35.6 Å². The molecule has 0 aliphatic rings. The van der Waals surface area contributed by atoms with Crippen LogP contribution in [0.5, 0.6) is 0 Å². The van der Waals surface area contributed by atoms with E-state index in [-0.39, 0.29) is 5.41 Å². The van der Waals surface area contributed by atoms with Gasteiger partial charge in [0, 0.05) is 7.11 Å². The molecule has 0 bridgehead atoms. The highest BCUT2D eigenvalue weighted by Crippen LogP contribution is 2.32. The Morgan fingerprint density at radius 3 is 2.68 bits per heavy atom. The average molecular weight is 332 g/mol. The van der Waals surface area contributed by atoms with Crippen molar-refractivity contribution in [1.29, 1.82) is 0 Å². The average Bonchev–Trinajstić information content (AvgIpc) is 2.65. The molecule has 1 aromatic rings. The molecule has 1 rings (SSSR count). The van der Waals surface area contributed by atoms with Crippen LogP contribution in [-0.4, -0.2) is 30.0 Å². The smallest absolute Gasteiger partial charge is 0.0696 e. The Kier molecular flexibility index (Phi) is 6.50. The van der Waals surface area contributed by atoms with E-state index in [1.807, 2.05) is 10.9 Å². The molecule has 1 aromatic heterocycles. The van der Waals surface area contributed by atoms with Crippen molar-refractivity contribution in [1.82, 2.24) is 15.1 Å². The fourth-order valence-electron chi connectivity index (χ4n) is 2.20. The zero-order chi connectivity index (χ0) is 14.5. The normalized spacial score (nSPS) is 13.8. The van der Waals surface area contributed by atoms with Crippen LogP contribution in [0.15, 0.2) is 10.7 Å². The Labute approximate surface area is 125 Å². The molecule has 19 heavy (non-hydrogen) atoms. The third kappa shape index (κ3) is 5.24. The van der Waals surface area contributed by atoms with Crippen molar-refractivity contribution in [2.24, 2.45) is 5.41 Å². The highest BCUT2D eigenvalue weighted by molar-refractivity contribution is 9.10. The first-order chi connectivity index (χ1) is 8.89. The number of nitrogens with one attached hydrogen (secondary N) is 1. The highest BCUT2D eigenvalue weighted by atomic mass is 79.9. The van der Waals surface area contributed by atoms with Crippen molar-refractivity contribution in [3.05, 3.63) is 16.4 Å². The summed E-state index contributed by atoms with van der Waals surface area (Å²) >= 11 is 3.62. The minimum atomic E-state index is 0.267. The number of rotatable bonds is 7. The second kappa shape index (κ2) is 7.41. The summed E-state index contributed by atoms with van der Waals surface area (Å²) in [4.78, 5) is 0. The van der Waals surface area contributed by atoms with E-state index in [2.05, 4.69) is 54.0 Å². The van der Waals surface area contributed by atoms with Gasteiger partial charge in [0.2, 0.25) is 0 Å². The number of aromatic nitrogens is 2. The van der Waals surface area contributed by atoms with Crippen molar-refractivity contribution in [2.75, 3.05) is 20.3 Å².